The lowest BCUT2D eigenvalue weighted by atomic mass is 9.99. The van der Waals surface area contributed by atoms with E-state index in [-0.39, 0.29) is 0 Å². The normalized spacial score (nSPS) is 11.3. The third kappa shape index (κ3) is 1.59. The Morgan fingerprint density at radius 3 is 2.72 bits per heavy atom. The topological polar surface area (TPSA) is 41.8 Å². The monoisotopic (exact) mass is 256 g/mol. The van der Waals surface area contributed by atoms with Crippen LogP contribution in [0.25, 0.3) is 22.0 Å². The van der Waals surface area contributed by atoms with E-state index < -0.39 is 0 Å². The van der Waals surface area contributed by atoms with E-state index in [4.69, 9.17) is 5.73 Å². The maximum Gasteiger partial charge on any atom is 0.0462 e. The fraction of sp³-hybridized carbons (Fsp3) is 0.200. The number of hydrogen-bond donors (Lipinski definition) is 2. The number of rotatable bonds is 2. The Hall–Kier alpha value is -1.58. The van der Waals surface area contributed by atoms with E-state index in [1.54, 1.807) is 11.3 Å². The van der Waals surface area contributed by atoms with E-state index in [0.29, 0.717) is 6.54 Å². The van der Waals surface area contributed by atoms with Crippen molar-refractivity contribution < 1.29 is 0 Å². The van der Waals surface area contributed by atoms with E-state index in [1.165, 1.54) is 38.2 Å². The molecule has 3 N–H and O–H groups in total. The number of aryl methyl sites for hydroxylation is 2. The molecule has 0 fully saturated rings. The van der Waals surface area contributed by atoms with E-state index in [2.05, 4.69) is 48.5 Å². The number of benzene rings is 1. The van der Waals surface area contributed by atoms with Crippen LogP contribution in [0.15, 0.2) is 29.6 Å². The highest BCUT2D eigenvalue weighted by Gasteiger charge is 2.16. The highest BCUT2D eigenvalue weighted by molar-refractivity contribution is 7.10. The smallest absolute Gasteiger partial charge is 0.0462 e. The lowest BCUT2D eigenvalue weighted by Crippen LogP contribution is -1.97. The van der Waals surface area contributed by atoms with Crippen LogP contribution >= 0.6 is 11.3 Å². The zero-order chi connectivity index (χ0) is 12.7. The number of para-hydroxylation sites is 1. The van der Waals surface area contributed by atoms with Crippen molar-refractivity contribution in [1.29, 1.82) is 0 Å². The minimum Gasteiger partial charge on any atom is -0.358 e. The molecule has 0 atom stereocenters. The number of nitrogens with one attached hydrogen (secondary N) is 1. The van der Waals surface area contributed by atoms with Gasteiger partial charge >= 0.3 is 0 Å². The summed E-state index contributed by atoms with van der Waals surface area (Å²) in [5.74, 6) is 0. The second kappa shape index (κ2) is 4.26. The maximum absolute atomic E-state index is 5.86. The summed E-state index contributed by atoms with van der Waals surface area (Å²) < 4.78 is 0. The zero-order valence-electron chi connectivity index (χ0n) is 10.6. The molecule has 0 radical (unpaired) electrons. The van der Waals surface area contributed by atoms with Gasteiger partial charge in [0.05, 0.1) is 0 Å². The number of hydrogen-bond acceptors (Lipinski definition) is 2. The molecule has 0 amide bonds. The fourth-order valence-electron chi connectivity index (χ4n) is 2.59. The van der Waals surface area contributed by atoms with Crippen LogP contribution in [0.2, 0.25) is 0 Å². The van der Waals surface area contributed by atoms with Crippen LogP contribution in [0.1, 0.15) is 16.1 Å². The number of aromatic nitrogens is 1. The van der Waals surface area contributed by atoms with Gasteiger partial charge in [0.15, 0.2) is 0 Å². The van der Waals surface area contributed by atoms with Crippen molar-refractivity contribution in [2.45, 2.75) is 20.4 Å². The summed E-state index contributed by atoms with van der Waals surface area (Å²) in [6.07, 6.45) is 0. The maximum atomic E-state index is 5.86. The van der Waals surface area contributed by atoms with Crippen molar-refractivity contribution >= 4 is 22.2 Å². The number of fused-ring (bicyclic) bond motifs is 1. The van der Waals surface area contributed by atoms with E-state index in [9.17, 15) is 0 Å². The Kier molecular flexibility index (Phi) is 2.73. The number of H-pyrrole nitrogens is 1. The third-order valence-corrected chi connectivity index (χ3v) is 4.37. The van der Waals surface area contributed by atoms with E-state index in [0.717, 1.165) is 0 Å². The quantitative estimate of drug-likeness (QED) is 0.715. The van der Waals surface area contributed by atoms with Crippen LogP contribution in [-0.4, -0.2) is 4.98 Å². The van der Waals surface area contributed by atoms with Crippen LogP contribution in [0, 0.1) is 13.8 Å². The van der Waals surface area contributed by atoms with Crippen molar-refractivity contribution in [3.63, 3.8) is 0 Å². The van der Waals surface area contributed by atoms with Crippen molar-refractivity contribution in [3.8, 4) is 11.1 Å². The Balaban J connectivity index is 2.37. The van der Waals surface area contributed by atoms with Gasteiger partial charge in [0.2, 0.25) is 0 Å². The van der Waals surface area contributed by atoms with Crippen molar-refractivity contribution in [2.75, 3.05) is 0 Å². The van der Waals surface area contributed by atoms with Crippen LogP contribution in [0.3, 0.4) is 0 Å². The average molecular weight is 256 g/mol. The minimum atomic E-state index is 0.596. The molecule has 2 aromatic heterocycles. The molecule has 0 aliphatic rings. The Bertz CT molecular complexity index is 706. The number of aromatic amines is 1. The Morgan fingerprint density at radius 2 is 1.94 bits per heavy atom. The molecule has 3 rings (SSSR count). The first-order valence-corrected chi connectivity index (χ1v) is 6.95. The van der Waals surface area contributed by atoms with Crippen LogP contribution in [0.5, 0.6) is 0 Å². The zero-order valence-corrected chi connectivity index (χ0v) is 11.4. The van der Waals surface area contributed by atoms with Gasteiger partial charge in [-0.25, -0.2) is 0 Å². The lowest BCUT2D eigenvalue weighted by Gasteiger charge is -2.05. The highest BCUT2D eigenvalue weighted by atomic mass is 32.1. The molecule has 18 heavy (non-hydrogen) atoms. The predicted molar refractivity (Wildman–Crippen MR) is 79.0 cm³/mol. The summed E-state index contributed by atoms with van der Waals surface area (Å²) in [7, 11) is 0. The standard InChI is InChI=1S/C15H16N2S/c1-9-14(12-5-3-4-6-13(12)17-9)15-10(2)18-8-11(15)7-16/h3-6,8,17H,7,16H2,1-2H3. The van der Waals surface area contributed by atoms with Gasteiger partial charge in [0.25, 0.3) is 0 Å². The fourth-order valence-corrected chi connectivity index (χ4v) is 3.47. The SMILES string of the molecule is Cc1[nH]c2ccccc2c1-c1c(CN)csc1C. The van der Waals surface area contributed by atoms with Gasteiger partial charge in [-0.05, 0) is 30.9 Å². The number of thiophene rings is 1. The van der Waals surface area contributed by atoms with Gasteiger partial charge in [0.1, 0.15) is 0 Å². The summed E-state index contributed by atoms with van der Waals surface area (Å²) in [5.41, 5.74) is 12.1. The van der Waals surface area contributed by atoms with Gasteiger partial charge in [0, 0.05) is 39.1 Å². The third-order valence-electron chi connectivity index (χ3n) is 3.41. The summed E-state index contributed by atoms with van der Waals surface area (Å²) in [6.45, 7) is 4.89. The first-order valence-electron chi connectivity index (χ1n) is 6.07. The molecule has 2 nitrogen and oxygen atoms in total. The van der Waals surface area contributed by atoms with E-state index >= 15 is 0 Å². The van der Waals surface area contributed by atoms with Gasteiger partial charge in [-0.2, -0.15) is 0 Å². The highest BCUT2D eigenvalue weighted by Crippen LogP contribution is 2.38. The van der Waals surface area contributed by atoms with Gasteiger partial charge in [-0.3, -0.25) is 0 Å². The first-order chi connectivity index (χ1) is 8.72. The second-order valence-electron chi connectivity index (χ2n) is 4.57. The molecule has 3 aromatic rings. The average Bonchev–Trinajstić information content (AvgIpc) is 2.88. The minimum absolute atomic E-state index is 0.596. The molecule has 0 unspecified atom stereocenters. The summed E-state index contributed by atoms with van der Waals surface area (Å²) in [6, 6.07) is 8.44. The number of nitrogens with two attached hydrogens (primary N) is 1. The molecule has 0 spiro atoms. The molecule has 1 aromatic carbocycles. The largest absolute Gasteiger partial charge is 0.358 e. The second-order valence-corrected chi connectivity index (χ2v) is 5.65. The molecule has 0 saturated carbocycles. The molecule has 0 bridgehead atoms. The molecule has 92 valence electrons. The Morgan fingerprint density at radius 1 is 1.17 bits per heavy atom. The molecule has 3 heteroatoms. The van der Waals surface area contributed by atoms with Crippen molar-refractivity contribution in [1.82, 2.24) is 4.98 Å². The lowest BCUT2D eigenvalue weighted by molar-refractivity contribution is 1.08. The molecular formula is C15H16N2S. The van der Waals surface area contributed by atoms with Crippen molar-refractivity contribution in [2.24, 2.45) is 5.73 Å². The Labute approximate surface area is 110 Å². The molecule has 0 aliphatic heterocycles. The van der Waals surface area contributed by atoms with Crippen LogP contribution in [-0.2, 0) is 6.54 Å². The van der Waals surface area contributed by atoms with E-state index in [1.807, 2.05) is 0 Å². The van der Waals surface area contributed by atoms with Gasteiger partial charge < -0.3 is 10.7 Å². The summed E-state index contributed by atoms with van der Waals surface area (Å²) in [4.78, 5) is 4.79. The van der Waals surface area contributed by atoms with Crippen molar-refractivity contribution in [3.05, 3.63) is 45.8 Å². The van der Waals surface area contributed by atoms with Gasteiger partial charge in [-0.15, -0.1) is 11.3 Å². The molecule has 0 saturated heterocycles. The summed E-state index contributed by atoms with van der Waals surface area (Å²) in [5, 5.41) is 3.46. The van der Waals surface area contributed by atoms with Gasteiger partial charge in [-0.1, -0.05) is 18.2 Å². The summed E-state index contributed by atoms with van der Waals surface area (Å²) >= 11 is 1.78. The van der Waals surface area contributed by atoms with Crippen LogP contribution < -0.4 is 5.73 Å². The molecular weight excluding hydrogens is 240 g/mol. The predicted octanol–water partition coefficient (Wildman–Crippen LogP) is 3.97. The van der Waals surface area contributed by atoms with Crippen LogP contribution in [0.4, 0.5) is 0 Å². The first kappa shape index (κ1) is 11.5. The molecule has 2 heterocycles. The molecule has 0 aliphatic carbocycles.